The van der Waals surface area contributed by atoms with Gasteiger partial charge < -0.3 is 15.8 Å². The Kier molecular flexibility index (Phi) is 11.1. The van der Waals surface area contributed by atoms with Crippen molar-refractivity contribution >= 4 is 28.1 Å². The fraction of sp³-hybridized carbons (Fsp3) is 0.421. The van der Waals surface area contributed by atoms with E-state index in [0.717, 1.165) is 16.5 Å². The maximum atomic E-state index is 11.2. The summed E-state index contributed by atoms with van der Waals surface area (Å²) in [4.78, 5) is 11.2. The number of nitrogens with two attached hydrogens (primary N) is 1. The molecule has 0 aromatic heterocycles. The molecule has 2 aromatic rings. The maximum absolute atomic E-state index is 11.2. The van der Waals surface area contributed by atoms with Crippen LogP contribution >= 0.6 is 0 Å². The van der Waals surface area contributed by atoms with Crippen LogP contribution in [0.25, 0.3) is 10.8 Å². The number of anilines is 2. The first-order chi connectivity index (χ1) is 11.2. The van der Waals surface area contributed by atoms with Gasteiger partial charge in [-0.1, -0.05) is 52.0 Å². The molecule has 4 heteroatoms. The lowest BCUT2D eigenvalue weighted by Crippen LogP contribution is -2.12. The Morgan fingerprint density at radius 2 is 1.65 bits per heavy atom. The molecule has 0 spiro atoms. The van der Waals surface area contributed by atoms with E-state index in [4.69, 9.17) is 10.5 Å². The summed E-state index contributed by atoms with van der Waals surface area (Å²) in [7, 11) is 0. The predicted octanol–water partition coefficient (Wildman–Crippen LogP) is 4.84. The summed E-state index contributed by atoms with van der Waals surface area (Å²) in [6.45, 7) is 10.7. The molecule has 0 saturated carbocycles. The van der Waals surface area contributed by atoms with Gasteiger partial charge in [-0.3, -0.25) is 4.79 Å². The Bertz CT molecular complexity index is 583. The van der Waals surface area contributed by atoms with Crippen LogP contribution in [-0.4, -0.2) is 19.1 Å². The number of carbonyl (C=O) groups excluding carboxylic acids is 1. The van der Waals surface area contributed by atoms with Gasteiger partial charge >= 0.3 is 5.97 Å². The molecule has 3 N–H and O–H groups in total. The highest BCUT2D eigenvalue weighted by molar-refractivity contribution is 5.91. The minimum absolute atomic E-state index is 0.200. The van der Waals surface area contributed by atoms with Crippen molar-refractivity contribution in [3.63, 3.8) is 0 Å². The Morgan fingerprint density at radius 1 is 1.09 bits per heavy atom. The van der Waals surface area contributed by atoms with Gasteiger partial charge in [0.2, 0.25) is 0 Å². The molecule has 4 nitrogen and oxygen atoms in total. The minimum atomic E-state index is -0.200. The van der Waals surface area contributed by atoms with E-state index in [9.17, 15) is 4.79 Å². The second-order valence-electron chi connectivity index (χ2n) is 4.27. The molecule has 0 aliphatic carbocycles. The fourth-order valence-electron chi connectivity index (χ4n) is 1.94. The smallest absolute Gasteiger partial charge is 0.307 e. The second kappa shape index (κ2) is 12.3. The minimum Gasteiger partial charge on any atom is -0.466 e. The van der Waals surface area contributed by atoms with Crippen LogP contribution in [-0.2, 0) is 9.53 Å². The molecular weight excluding hydrogens is 288 g/mol. The van der Waals surface area contributed by atoms with Gasteiger partial charge in [-0.05, 0) is 29.8 Å². The maximum Gasteiger partial charge on any atom is 0.307 e. The van der Waals surface area contributed by atoms with Crippen molar-refractivity contribution in [1.82, 2.24) is 0 Å². The summed E-state index contributed by atoms with van der Waals surface area (Å²) in [5.74, 6) is -0.200. The Balaban J connectivity index is 0.00000112. The molecule has 2 rings (SSSR count). The second-order valence-corrected chi connectivity index (χ2v) is 4.27. The van der Waals surface area contributed by atoms with Crippen molar-refractivity contribution in [1.29, 1.82) is 0 Å². The van der Waals surface area contributed by atoms with Crippen molar-refractivity contribution in [3.8, 4) is 0 Å². The monoisotopic (exact) mass is 318 g/mol. The normalized spacial score (nSPS) is 9.09. The zero-order chi connectivity index (χ0) is 17.7. The van der Waals surface area contributed by atoms with Crippen molar-refractivity contribution in [3.05, 3.63) is 36.4 Å². The summed E-state index contributed by atoms with van der Waals surface area (Å²) in [5, 5.41) is 5.40. The summed E-state index contributed by atoms with van der Waals surface area (Å²) >= 11 is 0. The number of hydrogen-bond acceptors (Lipinski definition) is 4. The summed E-state index contributed by atoms with van der Waals surface area (Å²) in [6, 6.07) is 12.0. The molecule has 0 saturated heterocycles. The van der Waals surface area contributed by atoms with E-state index in [-0.39, 0.29) is 5.97 Å². The van der Waals surface area contributed by atoms with Gasteiger partial charge in [0.1, 0.15) is 0 Å². The first kappa shape index (κ1) is 20.8. The van der Waals surface area contributed by atoms with Gasteiger partial charge in [-0.15, -0.1) is 0 Å². The average Bonchev–Trinajstić information content (AvgIpc) is 2.59. The fourth-order valence-corrected chi connectivity index (χ4v) is 1.94. The SMILES string of the molecule is CC.CC.CCOC(=O)CCNc1cc2ccccc2cc1N. The third kappa shape index (κ3) is 7.04. The molecule has 0 fully saturated rings. The molecule has 0 aliphatic heterocycles. The van der Waals surface area contributed by atoms with Crippen molar-refractivity contribution in [2.45, 2.75) is 41.0 Å². The van der Waals surface area contributed by atoms with Gasteiger partial charge in [0.05, 0.1) is 24.4 Å². The van der Waals surface area contributed by atoms with Crippen LogP contribution in [0.4, 0.5) is 11.4 Å². The zero-order valence-corrected chi connectivity index (χ0v) is 15.0. The molecule has 0 radical (unpaired) electrons. The topological polar surface area (TPSA) is 64.3 Å². The van der Waals surface area contributed by atoms with Gasteiger partial charge in [0.25, 0.3) is 0 Å². The quantitative estimate of drug-likeness (QED) is 0.611. The standard InChI is InChI=1S/C15H18N2O2.2C2H6/c1-2-19-15(18)7-8-17-14-10-12-6-4-3-5-11(12)9-13(14)16;2*1-2/h3-6,9-10,17H,2,7-8,16H2,1H3;2*1-2H3. The van der Waals surface area contributed by atoms with Crippen LogP contribution in [0.3, 0.4) is 0 Å². The highest BCUT2D eigenvalue weighted by atomic mass is 16.5. The summed E-state index contributed by atoms with van der Waals surface area (Å²) < 4.78 is 4.87. The Labute approximate surface area is 140 Å². The first-order valence-electron chi connectivity index (χ1n) is 8.38. The van der Waals surface area contributed by atoms with Crippen LogP contribution < -0.4 is 11.1 Å². The van der Waals surface area contributed by atoms with Crippen LogP contribution in [0.5, 0.6) is 0 Å². The number of fused-ring (bicyclic) bond motifs is 1. The van der Waals surface area contributed by atoms with Crippen LogP contribution in [0, 0.1) is 0 Å². The molecule has 128 valence electrons. The third-order valence-electron chi connectivity index (χ3n) is 2.87. The van der Waals surface area contributed by atoms with E-state index in [2.05, 4.69) is 5.32 Å². The molecular formula is C19H30N2O2. The Morgan fingerprint density at radius 3 is 2.22 bits per heavy atom. The molecule has 0 atom stereocenters. The summed E-state index contributed by atoms with van der Waals surface area (Å²) in [5.41, 5.74) is 7.52. The molecule has 0 amide bonds. The number of esters is 1. The number of nitrogens with one attached hydrogen (secondary N) is 1. The average molecular weight is 318 g/mol. The third-order valence-corrected chi connectivity index (χ3v) is 2.87. The lowest BCUT2D eigenvalue weighted by Gasteiger charge is -2.10. The zero-order valence-electron chi connectivity index (χ0n) is 15.0. The van der Waals surface area contributed by atoms with E-state index in [0.29, 0.717) is 25.3 Å². The van der Waals surface area contributed by atoms with E-state index >= 15 is 0 Å². The van der Waals surface area contributed by atoms with Crippen LogP contribution in [0.15, 0.2) is 36.4 Å². The van der Waals surface area contributed by atoms with Crippen molar-refractivity contribution < 1.29 is 9.53 Å². The Hall–Kier alpha value is -2.23. The van der Waals surface area contributed by atoms with Gasteiger partial charge in [0.15, 0.2) is 0 Å². The number of benzene rings is 2. The molecule has 2 aromatic carbocycles. The number of nitrogen functional groups attached to an aromatic ring is 1. The van der Waals surface area contributed by atoms with E-state index in [1.807, 2.05) is 64.1 Å². The lowest BCUT2D eigenvalue weighted by atomic mass is 10.1. The predicted molar refractivity (Wildman–Crippen MR) is 101 cm³/mol. The lowest BCUT2D eigenvalue weighted by molar-refractivity contribution is -0.142. The molecule has 23 heavy (non-hydrogen) atoms. The van der Waals surface area contributed by atoms with Gasteiger partial charge in [-0.25, -0.2) is 0 Å². The van der Waals surface area contributed by atoms with E-state index < -0.39 is 0 Å². The largest absolute Gasteiger partial charge is 0.466 e. The highest BCUT2D eigenvalue weighted by Crippen LogP contribution is 2.25. The number of ether oxygens (including phenoxy) is 1. The molecule has 0 unspecified atom stereocenters. The highest BCUT2D eigenvalue weighted by Gasteiger charge is 2.04. The van der Waals surface area contributed by atoms with Crippen molar-refractivity contribution in [2.24, 2.45) is 0 Å². The van der Waals surface area contributed by atoms with E-state index in [1.165, 1.54) is 0 Å². The molecule has 0 bridgehead atoms. The van der Waals surface area contributed by atoms with Gasteiger partial charge in [-0.2, -0.15) is 0 Å². The van der Waals surface area contributed by atoms with Crippen LogP contribution in [0.2, 0.25) is 0 Å². The molecule has 0 heterocycles. The number of carbonyl (C=O) groups is 1. The first-order valence-corrected chi connectivity index (χ1v) is 8.38. The summed E-state index contributed by atoms with van der Waals surface area (Å²) in [6.07, 6.45) is 0.333. The number of hydrogen-bond donors (Lipinski definition) is 2. The van der Waals surface area contributed by atoms with E-state index in [1.54, 1.807) is 6.92 Å². The van der Waals surface area contributed by atoms with Crippen LogP contribution in [0.1, 0.15) is 41.0 Å². The molecule has 0 aliphatic rings. The number of rotatable bonds is 5. The van der Waals surface area contributed by atoms with Gasteiger partial charge in [0, 0.05) is 6.54 Å². The van der Waals surface area contributed by atoms with Crippen molar-refractivity contribution in [2.75, 3.05) is 24.2 Å².